The van der Waals surface area contributed by atoms with Crippen molar-refractivity contribution in [2.24, 2.45) is 16.3 Å². The first-order valence-corrected chi connectivity index (χ1v) is 5.60. The van der Waals surface area contributed by atoms with Gasteiger partial charge in [0.1, 0.15) is 0 Å². The molecular formula is C11H21N3. The van der Waals surface area contributed by atoms with Crippen molar-refractivity contribution in [2.75, 3.05) is 13.1 Å². The Balaban J connectivity index is 1.80. The Morgan fingerprint density at radius 1 is 1.43 bits per heavy atom. The molecule has 0 unspecified atom stereocenters. The molecule has 3 nitrogen and oxygen atoms in total. The largest absolute Gasteiger partial charge is 0.356 e. The summed E-state index contributed by atoms with van der Waals surface area (Å²) in [7, 11) is 0. The van der Waals surface area contributed by atoms with Crippen LogP contribution in [0.15, 0.2) is 4.99 Å². The van der Waals surface area contributed by atoms with E-state index in [2.05, 4.69) is 36.4 Å². The van der Waals surface area contributed by atoms with Crippen LogP contribution in [0.2, 0.25) is 0 Å². The van der Waals surface area contributed by atoms with E-state index in [4.69, 9.17) is 0 Å². The third-order valence-corrected chi connectivity index (χ3v) is 3.11. The van der Waals surface area contributed by atoms with Crippen molar-refractivity contribution in [1.82, 2.24) is 10.6 Å². The van der Waals surface area contributed by atoms with E-state index in [9.17, 15) is 0 Å². The second-order valence-electron chi connectivity index (χ2n) is 5.60. The third kappa shape index (κ3) is 2.20. The minimum absolute atomic E-state index is 0.318. The average Bonchev–Trinajstić information content (AvgIpc) is 2.06. The summed E-state index contributed by atoms with van der Waals surface area (Å²) in [4.78, 5) is 4.52. The first-order chi connectivity index (χ1) is 6.55. The van der Waals surface area contributed by atoms with Crippen molar-refractivity contribution in [1.29, 1.82) is 0 Å². The van der Waals surface area contributed by atoms with Gasteiger partial charge in [-0.15, -0.1) is 0 Å². The quantitative estimate of drug-likeness (QED) is 0.663. The second kappa shape index (κ2) is 3.44. The van der Waals surface area contributed by atoms with E-state index < -0.39 is 0 Å². The highest BCUT2D eigenvalue weighted by molar-refractivity contribution is 5.80. The normalized spacial score (nSPS) is 35.2. The molecule has 0 saturated heterocycles. The lowest BCUT2D eigenvalue weighted by atomic mass is 9.82. The highest BCUT2D eigenvalue weighted by atomic mass is 15.2. The van der Waals surface area contributed by atoms with E-state index in [1.54, 1.807) is 0 Å². The molecule has 3 heteroatoms. The van der Waals surface area contributed by atoms with Crippen LogP contribution in [0.4, 0.5) is 0 Å². The van der Waals surface area contributed by atoms with E-state index >= 15 is 0 Å². The van der Waals surface area contributed by atoms with Crippen LogP contribution in [0, 0.1) is 11.3 Å². The van der Waals surface area contributed by atoms with E-state index in [1.165, 1.54) is 12.8 Å². The molecule has 0 aromatic carbocycles. The summed E-state index contributed by atoms with van der Waals surface area (Å²) in [5.74, 6) is 1.91. The van der Waals surface area contributed by atoms with Gasteiger partial charge < -0.3 is 10.6 Å². The molecule has 0 spiro atoms. The first kappa shape index (κ1) is 9.81. The lowest BCUT2D eigenvalue weighted by Crippen LogP contribution is -2.53. The molecule has 80 valence electrons. The Hall–Kier alpha value is -0.730. The van der Waals surface area contributed by atoms with Gasteiger partial charge in [-0.3, -0.25) is 4.99 Å². The lowest BCUT2D eigenvalue weighted by molar-refractivity contribution is 0.262. The molecule has 2 aliphatic rings. The molecular weight excluding hydrogens is 174 g/mol. The van der Waals surface area contributed by atoms with E-state index in [0.29, 0.717) is 11.5 Å². The highest BCUT2D eigenvalue weighted by Crippen LogP contribution is 2.26. The van der Waals surface area contributed by atoms with Gasteiger partial charge in [0.25, 0.3) is 0 Å². The summed E-state index contributed by atoms with van der Waals surface area (Å²) < 4.78 is 0. The molecule has 0 amide bonds. The van der Waals surface area contributed by atoms with Crippen LogP contribution in [0.1, 0.15) is 33.6 Å². The second-order valence-corrected chi connectivity index (χ2v) is 5.60. The zero-order valence-corrected chi connectivity index (χ0v) is 9.43. The van der Waals surface area contributed by atoms with Crippen LogP contribution in [0.5, 0.6) is 0 Å². The van der Waals surface area contributed by atoms with Crippen molar-refractivity contribution in [3.63, 3.8) is 0 Å². The summed E-state index contributed by atoms with van der Waals surface area (Å²) in [6, 6.07) is 0.664. The number of rotatable bonds is 1. The van der Waals surface area contributed by atoms with E-state index in [0.717, 1.165) is 25.0 Å². The number of guanidine groups is 1. The van der Waals surface area contributed by atoms with Gasteiger partial charge in [-0.05, 0) is 18.8 Å². The smallest absolute Gasteiger partial charge is 0.191 e. The maximum Gasteiger partial charge on any atom is 0.191 e. The number of aliphatic imine (C=N–C) groups is 1. The monoisotopic (exact) mass is 195 g/mol. The summed E-state index contributed by atoms with van der Waals surface area (Å²) in [6.07, 6.45) is 2.59. The first-order valence-electron chi connectivity index (χ1n) is 5.60. The maximum absolute atomic E-state index is 4.52. The zero-order valence-electron chi connectivity index (χ0n) is 9.43. The fourth-order valence-electron chi connectivity index (χ4n) is 2.04. The van der Waals surface area contributed by atoms with Crippen LogP contribution in [-0.4, -0.2) is 25.1 Å². The fraction of sp³-hybridized carbons (Fsp3) is 0.909. The van der Waals surface area contributed by atoms with Gasteiger partial charge in [0.05, 0.1) is 0 Å². The van der Waals surface area contributed by atoms with Gasteiger partial charge in [-0.2, -0.15) is 0 Å². The van der Waals surface area contributed by atoms with Gasteiger partial charge in [0.15, 0.2) is 5.96 Å². The standard InChI is InChI=1S/C11H21N3/c1-8-4-9(5-8)14-10-12-6-11(2,3)7-13-10/h8-9H,4-7H2,1-3H3,(H2,12,13,14). The van der Waals surface area contributed by atoms with Gasteiger partial charge in [0, 0.05) is 24.5 Å². The molecule has 0 radical (unpaired) electrons. The Labute approximate surface area is 86.4 Å². The fourth-order valence-corrected chi connectivity index (χ4v) is 2.04. The molecule has 2 rings (SSSR count). The summed E-state index contributed by atoms with van der Waals surface area (Å²) >= 11 is 0. The van der Waals surface area contributed by atoms with Crippen molar-refractivity contribution in [3.05, 3.63) is 0 Å². The molecule has 1 heterocycles. The van der Waals surface area contributed by atoms with Crippen molar-refractivity contribution < 1.29 is 0 Å². The zero-order chi connectivity index (χ0) is 10.2. The highest BCUT2D eigenvalue weighted by Gasteiger charge is 2.28. The van der Waals surface area contributed by atoms with Crippen LogP contribution >= 0.6 is 0 Å². The molecule has 0 atom stereocenters. The van der Waals surface area contributed by atoms with Gasteiger partial charge >= 0.3 is 0 Å². The lowest BCUT2D eigenvalue weighted by Gasteiger charge is -2.37. The predicted molar refractivity (Wildman–Crippen MR) is 59.4 cm³/mol. The van der Waals surface area contributed by atoms with Gasteiger partial charge in [-0.1, -0.05) is 20.8 Å². The summed E-state index contributed by atoms with van der Waals surface area (Å²) in [5, 5.41) is 6.82. The summed E-state index contributed by atoms with van der Waals surface area (Å²) in [5.41, 5.74) is 0.318. The minimum Gasteiger partial charge on any atom is -0.356 e. The SMILES string of the molecule is CC1CC(NC2=NCC(C)(C)CN2)C1. The van der Waals surface area contributed by atoms with Gasteiger partial charge in [-0.25, -0.2) is 0 Å². The predicted octanol–water partition coefficient (Wildman–Crippen LogP) is 1.36. The Morgan fingerprint density at radius 3 is 2.64 bits per heavy atom. The topological polar surface area (TPSA) is 36.4 Å². The molecule has 0 aromatic rings. The Bertz CT molecular complexity index is 239. The summed E-state index contributed by atoms with van der Waals surface area (Å²) in [6.45, 7) is 8.75. The van der Waals surface area contributed by atoms with Crippen LogP contribution < -0.4 is 10.6 Å². The van der Waals surface area contributed by atoms with Crippen molar-refractivity contribution >= 4 is 5.96 Å². The average molecular weight is 195 g/mol. The molecule has 14 heavy (non-hydrogen) atoms. The molecule has 1 fully saturated rings. The number of hydrogen-bond donors (Lipinski definition) is 2. The number of nitrogens with one attached hydrogen (secondary N) is 2. The van der Waals surface area contributed by atoms with Crippen LogP contribution in [0.3, 0.4) is 0 Å². The van der Waals surface area contributed by atoms with E-state index in [1.807, 2.05) is 0 Å². The Kier molecular flexibility index (Phi) is 2.41. The molecule has 0 bridgehead atoms. The molecule has 1 aliphatic carbocycles. The van der Waals surface area contributed by atoms with Crippen molar-refractivity contribution in [2.45, 2.75) is 39.7 Å². The van der Waals surface area contributed by atoms with Crippen molar-refractivity contribution in [3.8, 4) is 0 Å². The molecule has 1 aliphatic heterocycles. The van der Waals surface area contributed by atoms with Crippen LogP contribution in [-0.2, 0) is 0 Å². The molecule has 0 aromatic heterocycles. The molecule has 1 saturated carbocycles. The number of hydrogen-bond acceptors (Lipinski definition) is 3. The third-order valence-electron chi connectivity index (χ3n) is 3.11. The van der Waals surface area contributed by atoms with E-state index in [-0.39, 0.29) is 0 Å². The van der Waals surface area contributed by atoms with Crippen LogP contribution in [0.25, 0.3) is 0 Å². The number of nitrogens with zero attached hydrogens (tertiary/aromatic N) is 1. The molecule has 2 N–H and O–H groups in total. The maximum atomic E-state index is 4.52. The Morgan fingerprint density at radius 2 is 2.14 bits per heavy atom. The minimum atomic E-state index is 0.318. The van der Waals surface area contributed by atoms with Gasteiger partial charge in [0.2, 0.25) is 0 Å².